The Kier molecular flexibility index (Phi) is 3.34. The summed E-state index contributed by atoms with van der Waals surface area (Å²) in [6, 6.07) is 6.50. The summed E-state index contributed by atoms with van der Waals surface area (Å²) in [7, 11) is 0. The van der Waals surface area contributed by atoms with Gasteiger partial charge in [0.2, 0.25) is 0 Å². The molecule has 1 aromatic heterocycles. The van der Waals surface area contributed by atoms with Gasteiger partial charge >= 0.3 is 5.97 Å². The van der Waals surface area contributed by atoms with Crippen LogP contribution in [0.15, 0.2) is 30.6 Å². The van der Waals surface area contributed by atoms with Crippen molar-refractivity contribution in [3.63, 3.8) is 0 Å². The minimum Gasteiger partial charge on any atom is -0.481 e. The van der Waals surface area contributed by atoms with E-state index in [9.17, 15) is 4.79 Å². The van der Waals surface area contributed by atoms with Crippen LogP contribution in [0.25, 0.3) is 0 Å². The number of carbonyl (C=O) groups is 1. The maximum absolute atomic E-state index is 10.8. The number of rotatable bonds is 4. The van der Waals surface area contributed by atoms with Crippen molar-refractivity contribution < 1.29 is 9.90 Å². The summed E-state index contributed by atoms with van der Waals surface area (Å²) in [6.07, 6.45) is 1.30. The topological polar surface area (TPSA) is 80.9 Å². The van der Waals surface area contributed by atoms with Crippen LogP contribution in [0.4, 0.5) is 0 Å². The molecular weight excluding hydrogens is 244 g/mol. The Balaban J connectivity index is 2.33. The van der Waals surface area contributed by atoms with Gasteiger partial charge < -0.3 is 5.11 Å². The van der Waals surface area contributed by atoms with Crippen LogP contribution in [-0.4, -0.2) is 31.3 Å². The molecule has 1 aromatic carbocycles. The maximum atomic E-state index is 10.8. The molecule has 1 unspecified atom stereocenters. The minimum atomic E-state index is -0.916. The Labute approximate surface area is 102 Å². The van der Waals surface area contributed by atoms with Gasteiger partial charge in [-0.3, -0.25) is 4.79 Å². The van der Waals surface area contributed by atoms with E-state index in [-0.39, 0.29) is 6.42 Å². The van der Waals surface area contributed by atoms with Crippen molar-refractivity contribution in [1.82, 2.24) is 20.2 Å². The van der Waals surface area contributed by atoms with E-state index in [1.54, 1.807) is 24.3 Å². The van der Waals surface area contributed by atoms with Crippen molar-refractivity contribution >= 4 is 17.6 Å². The molecule has 1 N–H and O–H groups in total. The molecule has 0 aliphatic carbocycles. The van der Waals surface area contributed by atoms with Gasteiger partial charge in [0.15, 0.2) is 0 Å². The highest BCUT2D eigenvalue weighted by Gasteiger charge is 2.18. The second kappa shape index (κ2) is 4.92. The maximum Gasteiger partial charge on any atom is 0.305 e. The van der Waals surface area contributed by atoms with E-state index >= 15 is 0 Å². The molecule has 0 amide bonds. The zero-order valence-corrected chi connectivity index (χ0v) is 9.45. The zero-order valence-electron chi connectivity index (χ0n) is 8.69. The lowest BCUT2D eigenvalue weighted by Crippen LogP contribution is -2.15. The van der Waals surface area contributed by atoms with Crippen molar-refractivity contribution in [1.29, 1.82) is 0 Å². The quantitative estimate of drug-likeness (QED) is 0.889. The molecule has 2 aromatic rings. The highest BCUT2D eigenvalue weighted by molar-refractivity contribution is 6.30. The van der Waals surface area contributed by atoms with Crippen molar-refractivity contribution in [3.05, 3.63) is 41.2 Å². The van der Waals surface area contributed by atoms with Crippen LogP contribution in [0.5, 0.6) is 0 Å². The lowest BCUT2D eigenvalue weighted by molar-refractivity contribution is -0.137. The third-order valence-electron chi connectivity index (χ3n) is 2.31. The molecule has 17 heavy (non-hydrogen) atoms. The summed E-state index contributed by atoms with van der Waals surface area (Å²) < 4.78 is 1.41. The number of nitrogens with zero attached hydrogens (tertiary/aromatic N) is 4. The van der Waals surface area contributed by atoms with Crippen molar-refractivity contribution in [2.24, 2.45) is 0 Å². The molecule has 0 aliphatic rings. The summed E-state index contributed by atoms with van der Waals surface area (Å²) in [5.74, 6) is -0.916. The highest BCUT2D eigenvalue weighted by atomic mass is 35.5. The number of hydrogen-bond acceptors (Lipinski definition) is 4. The fourth-order valence-electron chi connectivity index (χ4n) is 1.53. The van der Waals surface area contributed by atoms with Gasteiger partial charge in [0.1, 0.15) is 6.33 Å². The van der Waals surface area contributed by atoms with Gasteiger partial charge in [0.05, 0.1) is 12.5 Å². The van der Waals surface area contributed by atoms with E-state index in [1.165, 1.54) is 11.0 Å². The molecule has 0 saturated heterocycles. The fourth-order valence-corrected chi connectivity index (χ4v) is 1.65. The average Bonchev–Trinajstić information content (AvgIpc) is 2.80. The molecule has 0 saturated carbocycles. The average molecular weight is 253 g/mol. The Bertz CT molecular complexity index is 498. The fraction of sp³-hybridized carbons (Fsp3) is 0.200. The summed E-state index contributed by atoms with van der Waals surface area (Å²) in [6.45, 7) is 0. The molecule has 0 bridgehead atoms. The second-order valence-electron chi connectivity index (χ2n) is 3.46. The SMILES string of the molecule is O=C(O)CC(c1ccc(Cl)cc1)n1cnnn1. The third kappa shape index (κ3) is 2.79. The predicted octanol–water partition coefficient (Wildman–Crippen LogP) is 1.39. The van der Waals surface area contributed by atoms with E-state index in [4.69, 9.17) is 16.7 Å². The number of benzene rings is 1. The van der Waals surface area contributed by atoms with E-state index in [2.05, 4.69) is 15.5 Å². The first-order chi connectivity index (χ1) is 8.16. The monoisotopic (exact) mass is 252 g/mol. The number of aromatic nitrogens is 4. The van der Waals surface area contributed by atoms with Gasteiger partial charge in [-0.05, 0) is 28.1 Å². The Morgan fingerprint density at radius 2 is 2.12 bits per heavy atom. The predicted molar refractivity (Wildman–Crippen MR) is 59.7 cm³/mol. The molecule has 0 fully saturated rings. The third-order valence-corrected chi connectivity index (χ3v) is 2.56. The molecule has 1 atom stereocenters. The van der Waals surface area contributed by atoms with Crippen molar-refractivity contribution in [3.8, 4) is 0 Å². The Hall–Kier alpha value is -1.95. The molecule has 88 valence electrons. The number of aliphatic carboxylic acids is 1. The normalized spacial score (nSPS) is 12.3. The van der Waals surface area contributed by atoms with E-state index in [0.29, 0.717) is 5.02 Å². The molecule has 6 nitrogen and oxygen atoms in total. The number of tetrazole rings is 1. The molecule has 7 heteroatoms. The molecule has 2 rings (SSSR count). The van der Waals surface area contributed by atoms with Gasteiger partial charge in [-0.1, -0.05) is 23.7 Å². The molecule has 0 aliphatic heterocycles. The van der Waals surface area contributed by atoms with Gasteiger partial charge in [-0.15, -0.1) is 5.10 Å². The van der Waals surface area contributed by atoms with Crippen LogP contribution in [0.3, 0.4) is 0 Å². The number of carboxylic acids is 1. The second-order valence-corrected chi connectivity index (χ2v) is 3.89. The summed E-state index contributed by atoms with van der Waals surface area (Å²) in [4.78, 5) is 10.8. The first-order valence-corrected chi connectivity index (χ1v) is 5.24. The Morgan fingerprint density at radius 1 is 1.41 bits per heavy atom. The van der Waals surface area contributed by atoms with Gasteiger partial charge in [-0.25, -0.2) is 4.68 Å². The van der Waals surface area contributed by atoms with E-state index < -0.39 is 12.0 Å². The summed E-state index contributed by atoms with van der Waals surface area (Å²) in [5.41, 5.74) is 0.795. The number of hydrogen-bond donors (Lipinski definition) is 1. The van der Waals surface area contributed by atoms with Gasteiger partial charge in [0.25, 0.3) is 0 Å². The van der Waals surface area contributed by atoms with Gasteiger partial charge in [0, 0.05) is 5.02 Å². The minimum absolute atomic E-state index is 0.0906. The molecule has 1 heterocycles. The summed E-state index contributed by atoms with van der Waals surface area (Å²) in [5, 5.41) is 20.2. The van der Waals surface area contributed by atoms with E-state index in [0.717, 1.165) is 5.56 Å². The largest absolute Gasteiger partial charge is 0.481 e. The standard InChI is InChI=1S/C10H9ClN4O2/c11-8-3-1-7(2-4-8)9(5-10(16)17)15-6-12-13-14-15/h1-4,6,9H,5H2,(H,16,17). The Morgan fingerprint density at radius 3 is 2.65 bits per heavy atom. The summed E-state index contributed by atoms with van der Waals surface area (Å²) >= 11 is 5.78. The lowest BCUT2D eigenvalue weighted by atomic mass is 10.0. The first-order valence-electron chi connectivity index (χ1n) is 4.86. The van der Waals surface area contributed by atoms with Crippen LogP contribution < -0.4 is 0 Å². The molecule has 0 radical (unpaired) electrons. The highest BCUT2D eigenvalue weighted by Crippen LogP contribution is 2.22. The van der Waals surface area contributed by atoms with Crippen LogP contribution in [0.1, 0.15) is 18.0 Å². The number of carboxylic acid groups (broad SMARTS) is 1. The van der Waals surface area contributed by atoms with Gasteiger partial charge in [-0.2, -0.15) is 0 Å². The molecule has 0 spiro atoms. The molecular formula is C10H9ClN4O2. The van der Waals surface area contributed by atoms with Crippen LogP contribution in [0.2, 0.25) is 5.02 Å². The zero-order chi connectivity index (χ0) is 12.3. The van der Waals surface area contributed by atoms with Crippen molar-refractivity contribution in [2.45, 2.75) is 12.5 Å². The van der Waals surface area contributed by atoms with E-state index in [1.807, 2.05) is 0 Å². The van der Waals surface area contributed by atoms with Crippen LogP contribution >= 0.6 is 11.6 Å². The van der Waals surface area contributed by atoms with Crippen LogP contribution in [0, 0.1) is 0 Å². The van der Waals surface area contributed by atoms with Crippen molar-refractivity contribution in [2.75, 3.05) is 0 Å². The number of halogens is 1. The first kappa shape index (κ1) is 11.5. The smallest absolute Gasteiger partial charge is 0.305 e. The lowest BCUT2D eigenvalue weighted by Gasteiger charge is -2.14. The van der Waals surface area contributed by atoms with Crippen LogP contribution in [-0.2, 0) is 4.79 Å².